The van der Waals surface area contributed by atoms with Gasteiger partial charge in [0.15, 0.2) is 5.78 Å². The number of ketones is 1. The maximum absolute atomic E-state index is 13.3. The van der Waals surface area contributed by atoms with Gasteiger partial charge in [0.1, 0.15) is 11.3 Å². The van der Waals surface area contributed by atoms with Crippen molar-refractivity contribution in [1.29, 1.82) is 0 Å². The molecule has 0 atom stereocenters. The summed E-state index contributed by atoms with van der Waals surface area (Å²) in [5, 5.41) is 1.29. The van der Waals surface area contributed by atoms with Gasteiger partial charge in [0.05, 0.1) is 12.3 Å². The van der Waals surface area contributed by atoms with Crippen LogP contribution in [0.1, 0.15) is 69.0 Å². The number of carbonyl (C=O) groups excluding carboxylic acids is 2. The average Bonchev–Trinajstić information content (AvgIpc) is 3.34. The zero-order valence-corrected chi connectivity index (χ0v) is 17.8. The molecule has 6 nitrogen and oxygen atoms in total. The van der Waals surface area contributed by atoms with Gasteiger partial charge in [-0.05, 0) is 56.2 Å². The summed E-state index contributed by atoms with van der Waals surface area (Å²) < 4.78 is 6.38. The van der Waals surface area contributed by atoms with E-state index in [1.165, 1.54) is 16.6 Å². The Kier molecular flexibility index (Phi) is 4.15. The van der Waals surface area contributed by atoms with E-state index in [4.69, 9.17) is 4.74 Å². The fourth-order valence-corrected chi connectivity index (χ4v) is 5.88. The molecule has 0 saturated carbocycles. The van der Waals surface area contributed by atoms with Gasteiger partial charge in [-0.2, -0.15) is 0 Å². The average molecular weight is 418 g/mol. The highest BCUT2D eigenvalue weighted by Crippen LogP contribution is 2.43. The highest BCUT2D eigenvalue weighted by atomic mass is 16.5. The monoisotopic (exact) mass is 417 g/mol. The molecular weight excluding hydrogens is 390 g/mol. The van der Waals surface area contributed by atoms with Gasteiger partial charge < -0.3 is 19.6 Å². The summed E-state index contributed by atoms with van der Waals surface area (Å²) in [5.41, 5.74) is 6.48. The van der Waals surface area contributed by atoms with Crippen LogP contribution in [0.5, 0.6) is 0 Å². The summed E-state index contributed by atoms with van der Waals surface area (Å²) in [6, 6.07) is 8.45. The largest absolute Gasteiger partial charge is 0.368 e. The number of aromatic nitrogens is 2. The van der Waals surface area contributed by atoms with Gasteiger partial charge in [0, 0.05) is 41.7 Å². The molecule has 1 spiro atoms. The second-order valence-electron chi connectivity index (χ2n) is 9.16. The smallest absolute Gasteiger partial charge is 0.270 e. The highest BCUT2D eigenvalue weighted by Gasteiger charge is 2.44. The second kappa shape index (κ2) is 6.82. The van der Waals surface area contributed by atoms with E-state index in [9.17, 15) is 9.59 Å². The van der Waals surface area contributed by atoms with E-state index in [2.05, 4.69) is 34.2 Å². The van der Waals surface area contributed by atoms with E-state index >= 15 is 0 Å². The molecule has 3 aromatic rings. The van der Waals surface area contributed by atoms with E-state index in [0.717, 1.165) is 54.4 Å². The number of ether oxygens (including phenoxy) is 1. The van der Waals surface area contributed by atoms with Crippen LogP contribution in [-0.4, -0.2) is 46.3 Å². The lowest BCUT2D eigenvalue weighted by Crippen LogP contribution is -2.48. The first-order valence-electron chi connectivity index (χ1n) is 11.4. The number of hydrogen-bond acceptors (Lipinski definition) is 3. The van der Waals surface area contributed by atoms with Gasteiger partial charge in [-0.25, -0.2) is 0 Å². The summed E-state index contributed by atoms with van der Waals surface area (Å²) in [4.78, 5) is 34.5. The van der Waals surface area contributed by atoms with Gasteiger partial charge in [-0.1, -0.05) is 18.2 Å². The molecule has 2 N–H and O–H groups in total. The molecule has 31 heavy (non-hydrogen) atoms. The number of amides is 1. The van der Waals surface area contributed by atoms with E-state index in [1.54, 1.807) is 0 Å². The fourth-order valence-electron chi connectivity index (χ4n) is 5.88. The van der Waals surface area contributed by atoms with E-state index in [-0.39, 0.29) is 17.3 Å². The van der Waals surface area contributed by atoms with Gasteiger partial charge in [-0.15, -0.1) is 0 Å². The van der Waals surface area contributed by atoms with Crippen LogP contribution in [0.2, 0.25) is 0 Å². The topological polar surface area (TPSA) is 78.2 Å². The third-order valence-corrected chi connectivity index (χ3v) is 7.51. The van der Waals surface area contributed by atoms with Crippen molar-refractivity contribution in [1.82, 2.24) is 14.9 Å². The number of piperidine rings is 1. The number of hydrogen-bond donors (Lipinski definition) is 2. The van der Waals surface area contributed by atoms with Gasteiger partial charge >= 0.3 is 0 Å². The summed E-state index contributed by atoms with van der Waals surface area (Å²) in [6.45, 7) is 3.90. The molecule has 3 aliphatic rings. The summed E-state index contributed by atoms with van der Waals surface area (Å²) >= 11 is 0. The maximum atomic E-state index is 13.3. The minimum Gasteiger partial charge on any atom is -0.368 e. The Balaban J connectivity index is 1.27. The second-order valence-corrected chi connectivity index (χ2v) is 9.16. The number of rotatable bonds is 1. The molecule has 6 rings (SSSR count). The molecule has 2 aliphatic heterocycles. The number of nitrogens with one attached hydrogen (secondary N) is 2. The van der Waals surface area contributed by atoms with Crippen molar-refractivity contribution in [3.63, 3.8) is 0 Å². The minimum atomic E-state index is -0.344. The summed E-state index contributed by atoms with van der Waals surface area (Å²) in [7, 11) is 0. The lowest BCUT2D eigenvalue weighted by Gasteiger charge is -2.43. The number of aromatic amines is 2. The zero-order chi connectivity index (χ0) is 21.2. The Labute approximate surface area is 181 Å². The van der Waals surface area contributed by atoms with Crippen LogP contribution < -0.4 is 0 Å². The van der Waals surface area contributed by atoms with Crippen LogP contribution >= 0.6 is 0 Å². The molecule has 160 valence electrons. The van der Waals surface area contributed by atoms with Crippen molar-refractivity contribution >= 4 is 22.6 Å². The van der Waals surface area contributed by atoms with Crippen molar-refractivity contribution in [2.24, 2.45) is 0 Å². The number of aryl methyl sites for hydroxylation is 1. The van der Waals surface area contributed by atoms with Crippen LogP contribution in [0.3, 0.4) is 0 Å². The Bertz CT molecular complexity index is 1210. The third-order valence-electron chi connectivity index (χ3n) is 7.51. The Hall–Kier alpha value is -2.86. The first-order chi connectivity index (χ1) is 15.1. The molecule has 4 heterocycles. The minimum absolute atomic E-state index is 0.00206. The van der Waals surface area contributed by atoms with Crippen molar-refractivity contribution in [3.8, 4) is 0 Å². The van der Waals surface area contributed by atoms with Crippen LogP contribution in [0, 0.1) is 6.92 Å². The quantitative estimate of drug-likeness (QED) is 0.628. The number of Topliss-reactive ketones (excluding diaryl/α,β-unsaturated/α-hetero) is 1. The molecule has 1 fully saturated rings. The molecule has 0 radical (unpaired) electrons. The lowest BCUT2D eigenvalue weighted by atomic mass is 9.83. The van der Waals surface area contributed by atoms with Crippen molar-refractivity contribution in [2.75, 3.05) is 19.7 Å². The van der Waals surface area contributed by atoms with Crippen LogP contribution in [0.4, 0.5) is 0 Å². The number of likely N-dealkylation sites (tertiary alicyclic amines) is 1. The van der Waals surface area contributed by atoms with Crippen LogP contribution in [0.25, 0.3) is 10.9 Å². The van der Waals surface area contributed by atoms with Crippen molar-refractivity contribution in [2.45, 2.75) is 51.0 Å². The zero-order valence-electron chi connectivity index (χ0n) is 17.8. The van der Waals surface area contributed by atoms with Crippen molar-refractivity contribution in [3.05, 3.63) is 58.0 Å². The van der Waals surface area contributed by atoms with Gasteiger partial charge in [-0.3, -0.25) is 9.59 Å². The Morgan fingerprint density at radius 1 is 1.10 bits per heavy atom. The molecule has 0 unspecified atom stereocenters. The lowest BCUT2D eigenvalue weighted by molar-refractivity contribution is -0.0957. The summed E-state index contributed by atoms with van der Waals surface area (Å²) in [6.07, 6.45) is 4.75. The molecule has 6 heteroatoms. The predicted molar refractivity (Wildman–Crippen MR) is 118 cm³/mol. The predicted octanol–water partition coefficient (Wildman–Crippen LogP) is 4.03. The molecule has 2 aromatic heterocycles. The number of nitrogens with zero attached hydrogens (tertiary/aromatic N) is 1. The van der Waals surface area contributed by atoms with E-state index in [0.29, 0.717) is 31.8 Å². The van der Waals surface area contributed by atoms with E-state index < -0.39 is 0 Å². The van der Waals surface area contributed by atoms with Gasteiger partial charge in [0.2, 0.25) is 0 Å². The Morgan fingerprint density at radius 2 is 1.90 bits per heavy atom. The molecule has 1 saturated heterocycles. The van der Waals surface area contributed by atoms with Gasteiger partial charge in [0.25, 0.3) is 5.91 Å². The number of H-pyrrole nitrogens is 2. The van der Waals surface area contributed by atoms with Crippen LogP contribution in [-0.2, 0) is 23.2 Å². The third kappa shape index (κ3) is 2.74. The highest BCUT2D eigenvalue weighted by molar-refractivity contribution is 6.04. The number of fused-ring (bicyclic) bond motifs is 5. The SMILES string of the molecule is Cc1c(C(=O)N2CCC3(CC2)OCCc2c3[nH]c3ccccc23)[nH]c2c1C(=O)CCC2. The molecule has 0 bridgehead atoms. The molecule has 1 aromatic carbocycles. The fraction of sp³-hybridized carbons (Fsp3) is 0.440. The molecular formula is C25H27N3O3. The number of para-hydroxylation sites is 1. The number of carbonyl (C=O) groups is 2. The first kappa shape index (κ1) is 18.9. The summed E-state index contributed by atoms with van der Waals surface area (Å²) in [5.74, 6) is 0.163. The normalized spacial score (nSPS) is 20.2. The Morgan fingerprint density at radius 3 is 2.71 bits per heavy atom. The molecule has 1 amide bonds. The van der Waals surface area contributed by atoms with Crippen LogP contribution in [0.15, 0.2) is 24.3 Å². The first-order valence-corrected chi connectivity index (χ1v) is 11.4. The van der Waals surface area contributed by atoms with Crippen molar-refractivity contribution < 1.29 is 14.3 Å². The number of benzene rings is 1. The van der Waals surface area contributed by atoms with E-state index in [1.807, 2.05) is 11.8 Å². The standard InChI is InChI=1S/C25H27N3O3/c1-15-21-19(7-4-8-20(21)29)26-22(15)24(30)28-12-10-25(11-13-28)23-17(9-14-31-25)16-5-2-3-6-18(16)27-23/h2-3,5-6,26-27H,4,7-14H2,1H3. The maximum Gasteiger partial charge on any atom is 0.270 e. The molecule has 1 aliphatic carbocycles.